The van der Waals surface area contributed by atoms with Gasteiger partial charge in [0.05, 0.1) is 11.4 Å². The van der Waals surface area contributed by atoms with E-state index >= 15 is 0 Å². The van der Waals surface area contributed by atoms with Gasteiger partial charge in [-0.1, -0.05) is 64.9 Å². The van der Waals surface area contributed by atoms with E-state index in [4.69, 9.17) is 16.1 Å². The highest BCUT2D eigenvalue weighted by molar-refractivity contribution is 7.98. The Bertz CT molecular complexity index is 985. The van der Waals surface area contributed by atoms with Crippen molar-refractivity contribution in [1.82, 2.24) is 25.4 Å². The molecule has 0 bridgehead atoms. The Morgan fingerprint density at radius 3 is 2.76 bits per heavy atom. The van der Waals surface area contributed by atoms with Crippen molar-refractivity contribution in [2.24, 2.45) is 0 Å². The highest BCUT2D eigenvalue weighted by Crippen LogP contribution is 2.26. The lowest BCUT2D eigenvalue weighted by Gasteiger charge is -2.03. The minimum atomic E-state index is 0.595. The van der Waals surface area contributed by atoms with Crippen molar-refractivity contribution >= 4 is 23.4 Å². The molecule has 0 aliphatic carbocycles. The van der Waals surface area contributed by atoms with Crippen molar-refractivity contribution in [1.29, 1.82) is 0 Å². The highest BCUT2D eigenvalue weighted by Gasteiger charge is 2.12. The summed E-state index contributed by atoms with van der Waals surface area (Å²) in [7, 11) is 0. The lowest BCUT2D eigenvalue weighted by Crippen LogP contribution is -1.99. The fourth-order valence-electron chi connectivity index (χ4n) is 2.30. The highest BCUT2D eigenvalue weighted by atomic mass is 35.5. The van der Waals surface area contributed by atoms with Crippen LogP contribution in [0.1, 0.15) is 5.69 Å². The second-order valence-corrected chi connectivity index (χ2v) is 6.57. The Labute approximate surface area is 152 Å². The second kappa shape index (κ2) is 7.08. The first kappa shape index (κ1) is 15.9. The average molecular weight is 370 g/mol. The SMILES string of the molecule is Clc1cccc(-n2nnnc2SCc2cc(-c3ccccc3)on2)c1. The second-order valence-electron chi connectivity index (χ2n) is 5.19. The Morgan fingerprint density at radius 2 is 1.92 bits per heavy atom. The summed E-state index contributed by atoms with van der Waals surface area (Å²) in [5.74, 6) is 1.34. The van der Waals surface area contributed by atoms with Gasteiger partial charge in [0.1, 0.15) is 0 Å². The van der Waals surface area contributed by atoms with E-state index in [1.807, 2.05) is 60.7 Å². The molecule has 0 saturated heterocycles. The van der Waals surface area contributed by atoms with Gasteiger partial charge in [0.25, 0.3) is 0 Å². The van der Waals surface area contributed by atoms with Crippen molar-refractivity contribution in [2.45, 2.75) is 10.9 Å². The Kier molecular flexibility index (Phi) is 4.49. The summed E-state index contributed by atoms with van der Waals surface area (Å²) >= 11 is 7.51. The Morgan fingerprint density at radius 1 is 1.04 bits per heavy atom. The van der Waals surface area contributed by atoms with Gasteiger partial charge in [-0.15, -0.1) is 5.10 Å². The number of hydrogen-bond acceptors (Lipinski definition) is 6. The first-order chi connectivity index (χ1) is 12.3. The zero-order chi connectivity index (χ0) is 17.1. The van der Waals surface area contributed by atoms with Gasteiger partial charge in [-0.25, -0.2) is 0 Å². The molecule has 2 aromatic heterocycles. The molecular formula is C17H12ClN5OS. The zero-order valence-electron chi connectivity index (χ0n) is 12.9. The number of halogens is 1. The molecule has 0 unspecified atom stereocenters. The van der Waals surface area contributed by atoms with Crippen LogP contribution < -0.4 is 0 Å². The summed E-state index contributed by atoms with van der Waals surface area (Å²) in [4.78, 5) is 0. The zero-order valence-corrected chi connectivity index (χ0v) is 14.5. The molecule has 124 valence electrons. The summed E-state index contributed by atoms with van der Waals surface area (Å²) in [5.41, 5.74) is 2.63. The van der Waals surface area contributed by atoms with Crippen LogP contribution in [0.25, 0.3) is 17.0 Å². The van der Waals surface area contributed by atoms with E-state index in [1.54, 1.807) is 4.68 Å². The van der Waals surface area contributed by atoms with E-state index in [1.165, 1.54) is 11.8 Å². The molecule has 2 aromatic carbocycles. The summed E-state index contributed by atoms with van der Waals surface area (Å²) in [6, 6.07) is 19.2. The lowest BCUT2D eigenvalue weighted by atomic mass is 10.2. The molecule has 4 aromatic rings. The van der Waals surface area contributed by atoms with Crippen molar-refractivity contribution < 1.29 is 4.52 Å². The molecule has 0 amide bonds. The van der Waals surface area contributed by atoms with Crippen LogP contribution in [-0.2, 0) is 5.75 Å². The topological polar surface area (TPSA) is 69.6 Å². The standard InChI is InChI=1S/C17H12ClN5OS/c18-13-7-4-8-15(9-13)23-17(19-21-22-23)25-11-14-10-16(24-20-14)12-5-2-1-3-6-12/h1-10H,11H2. The third-order valence-electron chi connectivity index (χ3n) is 3.46. The van der Waals surface area contributed by atoms with Gasteiger partial charge in [0, 0.05) is 22.4 Å². The van der Waals surface area contributed by atoms with Crippen LogP contribution in [0.3, 0.4) is 0 Å². The average Bonchev–Trinajstić information content (AvgIpc) is 3.30. The number of benzene rings is 2. The molecule has 0 aliphatic rings. The number of nitrogens with zero attached hydrogens (tertiary/aromatic N) is 5. The van der Waals surface area contributed by atoms with Crippen molar-refractivity contribution in [3.63, 3.8) is 0 Å². The normalized spacial score (nSPS) is 10.9. The van der Waals surface area contributed by atoms with Crippen molar-refractivity contribution in [3.05, 3.63) is 71.4 Å². The Balaban J connectivity index is 1.50. The molecular weight excluding hydrogens is 358 g/mol. The van der Waals surface area contributed by atoms with E-state index < -0.39 is 0 Å². The molecule has 0 aliphatic heterocycles. The smallest absolute Gasteiger partial charge is 0.214 e. The van der Waals surface area contributed by atoms with Crippen LogP contribution in [-0.4, -0.2) is 25.4 Å². The van der Waals surface area contributed by atoms with Crippen LogP contribution >= 0.6 is 23.4 Å². The van der Waals surface area contributed by atoms with Gasteiger partial charge in [0.2, 0.25) is 5.16 Å². The molecule has 25 heavy (non-hydrogen) atoms. The molecule has 6 nitrogen and oxygen atoms in total. The molecule has 0 fully saturated rings. The van der Waals surface area contributed by atoms with Gasteiger partial charge >= 0.3 is 0 Å². The van der Waals surface area contributed by atoms with Crippen LogP contribution in [0, 0.1) is 0 Å². The Hall–Kier alpha value is -2.64. The minimum Gasteiger partial charge on any atom is -0.356 e. The largest absolute Gasteiger partial charge is 0.356 e. The van der Waals surface area contributed by atoms with Gasteiger partial charge in [-0.2, -0.15) is 4.68 Å². The summed E-state index contributed by atoms with van der Waals surface area (Å²) < 4.78 is 7.06. The van der Waals surface area contributed by atoms with E-state index in [9.17, 15) is 0 Å². The predicted molar refractivity (Wildman–Crippen MR) is 95.7 cm³/mol. The van der Waals surface area contributed by atoms with E-state index in [0.29, 0.717) is 15.9 Å². The van der Waals surface area contributed by atoms with Crippen molar-refractivity contribution in [2.75, 3.05) is 0 Å². The maximum atomic E-state index is 6.04. The van der Waals surface area contributed by atoms with Crippen molar-refractivity contribution in [3.8, 4) is 17.0 Å². The maximum absolute atomic E-state index is 6.04. The quantitative estimate of drug-likeness (QED) is 0.489. The number of aromatic nitrogens is 5. The van der Waals surface area contributed by atoms with Crippen LogP contribution in [0.5, 0.6) is 0 Å². The van der Waals surface area contributed by atoms with Gasteiger partial charge in [-0.3, -0.25) is 0 Å². The van der Waals surface area contributed by atoms with E-state index in [0.717, 1.165) is 22.7 Å². The minimum absolute atomic E-state index is 0.595. The molecule has 0 atom stereocenters. The summed E-state index contributed by atoms with van der Waals surface area (Å²) in [5, 5.41) is 17.2. The number of rotatable bonds is 5. The first-order valence-electron chi connectivity index (χ1n) is 7.48. The fourth-order valence-corrected chi connectivity index (χ4v) is 3.25. The maximum Gasteiger partial charge on any atom is 0.214 e. The monoisotopic (exact) mass is 369 g/mol. The van der Waals surface area contributed by atoms with E-state index in [2.05, 4.69) is 20.7 Å². The fraction of sp³-hybridized carbons (Fsp3) is 0.0588. The molecule has 0 radical (unpaired) electrons. The van der Waals surface area contributed by atoms with Crippen LogP contribution in [0.4, 0.5) is 0 Å². The summed E-state index contributed by atoms with van der Waals surface area (Å²) in [6.45, 7) is 0. The number of hydrogen-bond donors (Lipinski definition) is 0. The third-order valence-corrected chi connectivity index (χ3v) is 4.65. The number of thioether (sulfide) groups is 1. The molecule has 8 heteroatoms. The van der Waals surface area contributed by atoms with Gasteiger partial charge < -0.3 is 4.52 Å². The van der Waals surface area contributed by atoms with Crippen LogP contribution in [0.2, 0.25) is 5.02 Å². The predicted octanol–water partition coefficient (Wildman–Crippen LogP) is 4.26. The summed E-state index contributed by atoms with van der Waals surface area (Å²) in [6.07, 6.45) is 0. The molecule has 0 spiro atoms. The molecule has 0 N–H and O–H groups in total. The molecule has 4 rings (SSSR count). The molecule has 2 heterocycles. The van der Waals surface area contributed by atoms with E-state index in [-0.39, 0.29) is 0 Å². The number of tetrazole rings is 1. The van der Waals surface area contributed by atoms with Crippen LogP contribution in [0.15, 0.2) is 70.3 Å². The first-order valence-corrected chi connectivity index (χ1v) is 8.84. The third kappa shape index (κ3) is 3.57. The van der Waals surface area contributed by atoms with Gasteiger partial charge in [-0.05, 0) is 28.6 Å². The van der Waals surface area contributed by atoms with Gasteiger partial charge in [0.15, 0.2) is 5.76 Å². The molecule has 0 saturated carbocycles. The lowest BCUT2D eigenvalue weighted by molar-refractivity contribution is 0.426.